The number of likely N-dealkylation sites (tertiary alicyclic amines) is 1. The number of carbonyl (C=O) groups is 3. The Morgan fingerprint density at radius 3 is 2.55 bits per heavy atom. The van der Waals surface area contributed by atoms with Gasteiger partial charge in [0.15, 0.2) is 17.2 Å². The number of oxime groups is 1. The lowest BCUT2D eigenvalue weighted by Crippen LogP contribution is -2.46. The highest BCUT2D eigenvalue weighted by Gasteiger charge is 2.70. The van der Waals surface area contributed by atoms with Crippen LogP contribution in [0.5, 0.6) is 11.5 Å². The number of methoxy groups -OCH3 is 2. The van der Waals surface area contributed by atoms with Crippen LogP contribution in [0.3, 0.4) is 0 Å². The summed E-state index contributed by atoms with van der Waals surface area (Å²) in [6.07, 6.45) is 0.849. The van der Waals surface area contributed by atoms with E-state index in [1.165, 1.54) is 4.90 Å². The van der Waals surface area contributed by atoms with Gasteiger partial charge in [-0.3, -0.25) is 24.7 Å². The molecule has 1 aromatic rings. The molecule has 4 aliphatic rings. The summed E-state index contributed by atoms with van der Waals surface area (Å²) < 4.78 is 10.6. The fourth-order valence-electron chi connectivity index (χ4n) is 5.95. The van der Waals surface area contributed by atoms with Gasteiger partial charge < -0.3 is 14.3 Å². The summed E-state index contributed by atoms with van der Waals surface area (Å²) >= 11 is 0. The van der Waals surface area contributed by atoms with Crippen molar-refractivity contribution < 1.29 is 28.7 Å². The van der Waals surface area contributed by atoms with Gasteiger partial charge in [0.2, 0.25) is 11.8 Å². The smallest absolute Gasteiger partial charge is 0.283 e. The first kappa shape index (κ1) is 19.8. The largest absolute Gasteiger partial charge is 0.493 e. The van der Waals surface area contributed by atoms with Gasteiger partial charge >= 0.3 is 0 Å². The number of hydrogen-bond acceptors (Lipinski definition) is 8. The zero-order valence-electron chi connectivity index (χ0n) is 17.2. The normalized spacial score (nSPS) is 32.5. The van der Waals surface area contributed by atoms with E-state index in [4.69, 9.17) is 20.2 Å². The number of nitrogens with zero attached hydrogens (tertiary/aromatic N) is 2. The van der Waals surface area contributed by atoms with Crippen molar-refractivity contribution in [2.24, 2.45) is 40.6 Å². The van der Waals surface area contributed by atoms with Crippen molar-refractivity contribution in [3.05, 3.63) is 23.8 Å². The van der Waals surface area contributed by atoms with E-state index in [0.29, 0.717) is 30.9 Å². The molecule has 31 heavy (non-hydrogen) atoms. The number of nitrogens with two attached hydrogens (primary N) is 1. The predicted molar refractivity (Wildman–Crippen MR) is 107 cm³/mol. The fraction of sp³-hybridized carbons (Fsp3) is 0.524. The molecule has 0 unspecified atom stereocenters. The number of carbonyl (C=O) groups excluding carboxylic acids is 3. The van der Waals surface area contributed by atoms with Gasteiger partial charge in [-0.15, -0.1) is 0 Å². The second-order valence-electron chi connectivity index (χ2n) is 8.43. The van der Waals surface area contributed by atoms with Gasteiger partial charge in [-0.2, -0.15) is 0 Å². The number of imide groups is 1. The lowest BCUT2D eigenvalue weighted by molar-refractivity contribution is -0.141. The maximum absolute atomic E-state index is 13.2. The topological polar surface area (TPSA) is 133 Å². The van der Waals surface area contributed by atoms with Crippen molar-refractivity contribution in [3.63, 3.8) is 0 Å². The Kier molecular flexibility index (Phi) is 4.62. The standard InChI is InChI=1S/C21H24N4O6/c1-29-12-4-3-9(7-13(12)30-2)5-6-25-20(27)14-10-8-11(15(14)21(25)28)18-16(10)17(24-31-18)19(26)23-22/h3-4,7,10-11,14-16,18H,5-6,8,22H2,1-2H3,(H,23,26)/t10-,11+,14-,15-,16+,18-/m0/s1. The van der Waals surface area contributed by atoms with E-state index in [1.54, 1.807) is 20.3 Å². The van der Waals surface area contributed by atoms with E-state index in [9.17, 15) is 14.4 Å². The molecule has 2 aliphatic carbocycles. The molecule has 2 heterocycles. The highest BCUT2D eigenvalue weighted by atomic mass is 16.6. The van der Waals surface area contributed by atoms with Gasteiger partial charge in [-0.1, -0.05) is 11.2 Å². The van der Waals surface area contributed by atoms with Crippen LogP contribution < -0.4 is 20.7 Å². The van der Waals surface area contributed by atoms with Crippen LogP contribution in [-0.2, 0) is 25.6 Å². The summed E-state index contributed by atoms with van der Waals surface area (Å²) in [7, 11) is 3.13. The lowest BCUT2D eigenvalue weighted by Gasteiger charge is -2.29. The SMILES string of the molecule is COc1ccc(CCN2C(=O)[C@H]3[C@@H]4C[C@@H]([C@@H]5ON=C(C(=O)NN)[C@@H]45)[C@@H]3C2=O)cc1OC. The van der Waals surface area contributed by atoms with E-state index >= 15 is 0 Å². The van der Waals surface area contributed by atoms with Crippen LogP contribution in [0, 0.1) is 29.6 Å². The fourth-order valence-corrected chi connectivity index (χ4v) is 5.95. The number of amides is 3. The van der Waals surface area contributed by atoms with Gasteiger partial charge in [0, 0.05) is 12.5 Å². The maximum Gasteiger partial charge on any atom is 0.283 e. The Bertz CT molecular complexity index is 994. The minimum Gasteiger partial charge on any atom is -0.493 e. The summed E-state index contributed by atoms with van der Waals surface area (Å²) in [6, 6.07) is 5.54. The average Bonchev–Trinajstić information content (AvgIpc) is 3.52. The third kappa shape index (κ3) is 2.74. The molecule has 3 fully saturated rings. The highest BCUT2D eigenvalue weighted by molar-refractivity contribution is 6.40. The molecule has 0 radical (unpaired) electrons. The molecule has 6 atom stereocenters. The summed E-state index contributed by atoms with van der Waals surface area (Å²) in [5, 5.41) is 3.90. The molecule has 2 saturated carbocycles. The van der Waals surface area contributed by atoms with Crippen LogP contribution in [0.4, 0.5) is 0 Å². The summed E-state index contributed by atoms with van der Waals surface area (Å²) in [6.45, 7) is 0.292. The van der Waals surface area contributed by atoms with Crippen LogP contribution in [0.25, 0.3) is 0 Å². The summed E-state index contributed by atoms with van der Waals surface area (Å²) in [5.41, 5.74) is 3.25. The van der Waals surface area contributed by atoms with Crippen LogP contribution in [0.15, 0.2) is 23.4 Å². The molecule has 10 heteroatoms. The molecule has 3 amide bonds. The molecule has 10 nitrogen and oxygen atoms in total. The number of ether oxygens (including phenoxy) is 2. The van der Waals surface area contributed by atoms with E-state index in [-0.39, 0.29) is 41.4 Å². The van der Waals surface area contributed by atoms with Crippen LogP contribution in [0.2, 0.25) is 0 Å². The van der Waals surface area contributed by atoms with Gasteiger partial charge in [-0.25, -0.2) is 5.84 Å². The molecule has 0 spiro atoms. The molecule has 1 aromatic carbocycles. The first-order valence-electron chi connectivity index (χ1n) is 10.3. The van der Waals surface area contributed by atoms with Gasteiger partial charge in [0.1, 0.15) is 6.10 Å². The maximum atomic E-state index is 13.2. The molecule has 2 bridgehead atoms. The minimum atomic E-state index is -0.501. The van der Waals surface area contributed by atoms with Gasteiger partial charge in [-0.05, 0) is 36.5 Å². The number of rotatable bonds is 6. The first-order chi connectivity index (χ1) is 15.0. The number of hydrazine groups is 1. The number of hydrogen-bond donors (Lipinski definition) is 2. The Hall–Kier alpha value is -3.14. The highest BCUT2D eigenvalue weighted by Crippen LogP contribution is 2.61. The molecule has 1 saturated heterocycles. The second kappa shape index (κ2) is 7.23. The van der Waals surface area contributed by atoms with E-state index in [1.807, 2.05) is 12.1 Å². The Morgan fingerprint density at radius 2 is 1.87 bits per heavy atom. The number of nitrogens with one attached hydrogen (secondary N) is 1. The number of benzene rings is 1. The molecule has 0 aromatic heterocycles. The van der Waals surface area contributed by atoms with E-state index < -0.39 is 17.7 Å². The molecular weight excluding hydrogens is 404 g/mol. The summed E-state index contributed by atoms with van der Waals surface area (Å²) in [4.78, 5) is 45.3. The van der Waals surface area contributed by atoms with Gasteiger partial charge in [0.05, 0.1) is 32.0 Å². The third-order valence-corrected chi connectivity index (χ3v) is 7.22. The van der Waals surface area contributed by atoms with Crippen molar-refractivity contribution in [2.45, 2.75) is 18.9 Å². The Balaban J connectivity index is 1.33. The van der Waals surface area contributed by atoms with Crippen molar-refractivity contribution in [1.29, 1.82) is 0 Å². The molecule has 164 valence electrons. The zero-order valence-corrected chi connectivity index (χ0v) is 17.2. The van der Waals surface area contributed by atoms with Crippen LogP contribution in [-0.4, -0.2) is 55.2 Å². The predicted octanol–water partition coefficient (Wildman–Crippen LogP) is -0.142. The van der Waals surface area contributed by atoms with Crippen LogP contribution >= 0.6 is 0 Å². The quantitative estimate of drug-likeness (QED) is 0.279. The van der Waals surface area contributed by atoms with Crippen LogP contribution in [0.1, 0.15) is 12.0 Å². The third-order valence-electron chi connectivity index (χ3n) is 7.22. The second-order valence-corrected chi connectivity index (χ2v) is 8.43. The molecule has 2 aliphatic heterocycles. The molecule has 3 N–H and O–H groups in total. The van der Waals surface area contributed by atoms with E-state index in [0.717, 1.165) is 5.56 Å². The summed E-state index contributed by atoms with van der Waals surface area (Å²) in [5.74, 6) is 4.29. The van der Waals surface area contributed by atoms with E-state index in [2.05, 4.69) is 10.6 Å². The lowest BCUT2D eigenvalue weighted by atomic mass is 9.72. The molecule has 5 rings (SSSR count). The average molecular weight is 428 g/mol. The van der Waals surface area contributed by atoms with Gasteiger partial charge in [0.25, 0.3) is 5.91 Å². The van der Waals surface area contributed by atoms with Crippen molar-refractivity contribution >= 4 is 23.4 Å². The van der Waals surface area contributed by atoms with Crippen molar-refractivity contribution in [1.82, 2.24) is 10.3 Å². The number of fused-ring (bicyclic) bond motifs is 8. The first-order valence-corrected chi connectivity index (χ1v) is 10.3. The minimum absolute atomic E-state index is 0.116. The zero-order chi connectivity index (χ0) is 21.9. The monoisotopic (exact) mass is 428 g/mol. The Labute approximate surface area is 178 Å². The Morgan fingerprint density at radius 1 is 1.16 bits per heavy atom. The van der Waals surface area contributed by atoms with Crippen molar-refractivity contribution in [3.8, 4) is 11.5 Å². The molecular formula is C21H24N4O6. The van der Waals surface area contributed by atoms with Crippen molar-refractivity contribution in [2.75, 3.05) is 20.8 Å².